The van der Waals surface area contributed by atoms with Crippen molar-refractivity contribution in [1.29, 1.82) is 0 Å². The molecule has 1 rings (SSSR count). The highest BCUT2D eigenvalue weighted by atomic mass is 32.2. The van der Waals surface area contributed by atoms with Crippen molar-refractivity contribution in [3.05, 3.63) is 34.9 Å². The van der Waals surface area contributed by atoms with Crippen LogP contribution in [0.2, 0.25) is 0 Å². The molecular weight excluding hydrogens is 278 g/mol. The normalized spacial score (nSPS) is 15.7. The fourth-order valence-electron chi connectivity index (χ4n) is 2.49. The Morgan fingerprint density at radius 3 is 2.24 bits per heavy atom. The van der Waals surface area contributed by atoms with Gasteiger partial charge in [0.1, 0.15) is 0 Å². The monoisotopic (exact) mass is 309 g/mol. The lowest BCUT2D eigenvalue weighted by molar-refractivity contribution is 0.563. The minimum Gasteiger partial charge on any atom is -0.309 e. The van der Waals surface area contributed by atoms with Gasteiger partial charge in [0.05, 0.1) is 0 Å². The summed E-state index contributed by atoms with van der Waals surface area (Å²) in [6.45, 7) is 11.7. The summed E-state index contributed by atoms with van der Waals surface area (Å²) in [5, 5.41) is 3.57. The van der Waals surface area contributed by atoms with Crippen molar-refractivity contribution >= 4 is 10.8 Å². The van der Waals surface area contributed by atoms with E-state index in [4.69, 9.17) is 0 Å². The van der Waals surface area contributed by atoms with Crippen LogP contribution >= 0.6 is 0 Å². The molecule has 0 radical (unpaired) electrons. The van der Waals surface area contributed by atoms with Crippen LogP contribution in [0.4, 0.5) is 0 Å². The molecule has 1 N–H and O–H groups in total. The molecule has 3 atom stereocenters. The topological polar surface area (TPSA) is 29.1 Å². The number of benzene rings is 1. The van der Waals surface area contributed by atoms with Crippen LogP contribution in [0.3, 0.4) is 0 Å². The van der Waals surface area contributed by atoms with Gasteiger partial charge in [-0.25, -0.2) is 0 Å². The van der Waals surface area contributed by atoms with Gasteiger partial charge in [-0.1, -0.05) is 56.5 Å². The first-order chi connectivity index (χ1) is 9.96. The van der Waals surface area contributed by atoms with Crippen LogP contribution in [0, 0.1) is 19.8 Å². The molecule has 0 aromatic heterocycles. The Morgan fingerprint density at radius 2 is 1.71 bits per heavy atom. The number of rotatable bonds is 9. The maximum Gasteiger partial charge on any atom is 0.0437 e. The lowest BCUT2D eigenvalue weighted by Crippen LogP contribution is -2.28. The summed E-state index contributed by atoms with van der Waals surface area (Å²) in [6.07, 6.45) is 2.20. The molecule has 0 spiro atoms. The minimum atomic E-state index is -0.760. The zero-order valence-electron chi connectivity index (χ0n) is 14.2. The van der Waals surface area contributed by atoms with Crippen LogP contribution in [0.15, 0.2) is 18.2 Å². The summed E-state index contributed by atoms with van der Waals surface area (Å²) < 4.78 is 12.4. The Morgan fingerprint density at radius 1 is 1.10 bits per heavy atom. The van der Waals surface area contributed by atoms with Gasteiger partial charge in [0.15, 0.2) is 0 Å². The largest absolute Gasteiger partial charge is 0.309 e. The second-order valence-corrected chi connectivity index (χ2v) is 7.76. The van der Waals surface area contributed by atoms with Crippen LogP contribution in [0.5, 0.6) is 0 Å². The third-order valence-corrected chi connectivity index (χ3v) is 5.45. The van der Waals surface area contributed by atoms with Gasteiger partial charge in [-0.2, -0.15) is 0 Å². The molecule has 21 heavy (non-hydrogen) atoms. The van der Waals surface area contributed by atoms with Crippen LogP contribution in [-0.2, 0) is 10.8 Å². The number of hydrogen-bond donors (Lipinski definition) is 1. The fourth-order valence-corrected chi connectivity index (χ4v) is 4.18. The standard InChI is InChI=1S/C18H31NOS/c1-6-8-19-18(13-21(20)12-14(3)7-2)17-10-15(4)9-16(5)11-17/h9-11,14,18-19H,6-8,12-13H2,1-5H3. The highest BCUT2D eigenvalue weighted by Gasteiger charge is 2.16. The number of aryl methyl sites for hydroxylation is 2. The van der Waals surface area contributed by atoms with E-state index in [1.54, 1.807) is 0 Å². The van der Waals surface area contributed by atoms with E-state index in [1.807, 2.05) is 0 Å². The maximum atomic E-state index is 12.4. The maximum absolute atomic E-state index is 12.4. The zero-order valence-corrected chi connectivity index (χ0v) is 15.1. The predicted octanol–water partition coefficient (Wildman–Crippen LogP) is 4.14. The molecule has 0 bridgehead atoms. The van der Waals surface area contributed by atoms with Crippen molar-refractivity contribution in [3.8, 4) is 0 Å². The summed E-state index contributed by atoms with van der Waals surface area (Å²) in [5.74, 6) is 2.07. The van der Waals surface area contributed by atoms with Crippen molar-refractivity contribution in [3.63, 3.8) is 0 Å². The number of hydrogen-bond acceptors (Lipinski definition) is 2. The van der Waals surface area contributed by atoms with E-state index in [0.717, 1.165) is 25.1 Å². The van der Waals surface area contributed by atoms with E-state index in [9.17, 15) is 4.21 Å². The van der Waals surface area contributed by atoms with Gasteiger partial charge < -0.3 is 5.32 Å². The van der Waals surface area contributed by atoms with E-state index in [-0.39, 0.29) is 6.04 Å². The van der Waals surface area contributed by atoms with Crippen LogP contribution in [-0.4, -0.2) is 22.3 Å². The van der Waals surface area contributed by atoms with Crippen LogP contribution in [0.25, 0.3) is 0 Å². The first-order valence-corrected chi connectivity index (χ1v) is 9.61. The van der Waals surface area contributed by atoms with E-state index in [0.29, 0.717) is 11.7 Å². The van der Waals surface area contributed by atoms with Crippen molar-refractivity contribution in [2.24, 2.45) is 5.92 Å². The molecule has 3 unspecified atom stereocenters. The Bertz CT molecular complexity index is 438. The van der Waals surface area contributed by atoms with Crippen LogP contribution < -0.4 is 5.32 Å². The lowest BCUT2D eigenvalue weighted by Gasteiger charge is -2.20. The Hall–Kier alpha value is -0.670. The smallest absolute Gasteiger partial charge is 0.0437 e. The van der Waals surface area contributed by atoms with Crippen molar-refractivity contribution in [1.82, 2.24) is 5.32 Å². The molecule has 3 heteroatoms. The number of nitrogens with one attached hydrogen (secondary N) is 1. The van der Waals surface area contributed by atoms with Gasteiger partial charge in [0, 0.05) is 28.3 Å². The first kappa shape index (κ1) is 18.4. The summed E-state index contributed by atoms with van der Waals surface area (Å²) in [7, 11) is -0.760. The van der Waals surface area contributed by atoms with E-state index in [2.05, 4.69) is 58.1 Å². The molecule has 0 aliphatic heterocycles. The van der Waals surface area contributed by atoms with Crippen molar-refractivity contribution in [2.45, 2.75) is 53.5 Å². The van der Waals surface area contributed by atoms with E-state index in [1.165, 1.54) is 16.7 Å². The van der Waals surface area contributed by atoms with Gasteiger partial charge in [0.2, 0.25) is 0 Å². The zero-order chi connectivity index (χ0) is 15.8. The quantitative estimate of drug-likeness (QED) is 0.743. The lowest BCUT2D eigenvalue weighted by atomic mass is 10.0. The molecule has 0 amide bonds. The van der Waals surface area contributed by atoms with Gasteiger partial charge in [-0.15, -0.1) is 0 Å². The molecule has 0 fully saturated rings. The van der Waals surface area contributed by atoms with Crippen molar-refractivity contribution < 1.29 is 4.21 Å². The second kappa shape index (κ2) is 9.37. The molecular formula is C18H31NOS. The third kappa shape index (κ3) is 6.75. The second-order valence-electron chi connectivity index (χ2n) is 6.21. The minimum absolute atomic E-state index is 0.202. The SMILES string of the molecule is CCCNC(CS(=O)CC(C)CC)c1cc(C)cc(C)c1. The molecule has 2 nitrogen and oxygen atoms in total. The summed E-state index contributed by atoms with van der Waals surface area (Å²) in [4.78, 5) is 0. The van der Waals surface area contributed by atoms with Crippen molar-refractivity contribution in [2.75, 3.05) is 18.1 Å². The van der Waals surface area contributed by atoms with Crippen LogP contribution in [0.1, 0.15) is 56.3 Å². The molecule has 0 saturated heterocycles. The molecule has 0 aliphatic carbocycles. The molecule has 1 aromatic carbocycles. The molecule has 1 aromatic rings. The van der Waals surface area contributed by atoms with Gasteiger partial charge in [-0.05, 0) is 38.3 Å². The Kier molecular flexibility index (Phi) is 8.20. The summed E-state index contributed by atoms with van der Waals surface area (Å²) in [6, 6.07) is 6.84. The first-order valence-electron chi connectivity index (χ1n) is 8.12. The highest BCUT2D eigenvalue weighted by Crippen LogP contribution is 2.19. The Balaban J connectivity index is 2.81. The molecule has 0 aliphatic rings. The molecule has 0 heterocycles. The Labute approximate surface area is 133 Å². The summed E-state index contributed by atoms with van der Waals surface area (Å²) >= 11 is 0. The predicted molar refractivity (Wildman–Crippen MR) is 94.3 cm³/mol. The highest BCUT2D eigenvalue weighted by molar-refractivity contribution is 7.85. The summed E-state index contributed by atoms with van der Waals surface area (Å²) in [5.41, 5.74) is 3.83. The molecule has 120 valence electrons. The van der Waals surface area contributed by atoms with Gasteiger partial charge in [0.25, 0.3) is 0 Å². The average molecular weight is 310 g/mol. The fraction of sp³-hybridized carbons (Fsp3) is 0.667. The average Bonchev–Trinajstić information content (AvgIpc) is 2.42. The van der Waals surface area contributed by atoms with E-state index >= 15 is 0 Å². The van der Waals surface area contributed by atoms with Gasteiger partial charge in [-0.3, -0.25) is 4.21 Å². The van der Waals surface area contributed by atoms with Gasteiger partial charge >= 0.3 is 0 Å². The van der Waals surface area contributed by atoms with E-state index < -0.39 is 10.8 Å². The third-order valence-electron chi connectivity index (χ3n) is 3.81. The molecule has 0 saturated carbocycles.